The minimum atomic E-state index is -0.423. The summed E-state index contributed by atoms with van der Waals surface area (Å²) in [5.74, 6) is -0.672. The second-order valence-corrected chi connectivity index (χ2v) is 6.17. The van der Waals surface area contributed by atoms with Crippen molar-refractivity contribution < 1.29 is 9.18 Å². The van der Waals surface area contributed by atoms with Crippen molar-refractivity contribution >= 4 is 37.8 Å². The molecular weight excluding hydrogens is 365 g/mol. The van der Waals surface area contributed by atoms with E-state index in [-0.39, 0.29) is 11.4 Å². The van der Waals surface area contributed by atoms with Crippen molar-refractivity contribution in [2.45, 2.75) is 32.2 Å². The van der Waals surface area contributed by atoms with E-state index in [1.165, 1.54) is 12.1 Å². The number of carbonyl (C=O) groups is 1. The van der Waals surface area contributed by atoms with Crippen molar-refractivity contribution in [3.8, 4) is 0 Å². The Morgan fingerprint density at radius 1 is 1.44 bits per heavy atom. The average molecular weight is 381 g/mol. The lowest BCUT2D eigenvalue weighted by atomic mass is 9.95. The first-order valence-electron chi connectivity index (χ1n) is 5.75. The van der Waals surface area contributed by atoms with Crippen molar-refractivity contribution in [1.29, 1.82) is 0 Å². The molecule has 0 aliphatic rings. The van der Waals surface area contributed by atoms with Crippen LogP contribution in [-0.4, -0.2) is 16.8 Å². The standard InChI is InChI=1S/C13H16Br2FNO/c1-3-13(2,4-5-14)17-12(18)9-6-10(15)8-11(16)7-9/h6-8H,3-5H2,1-2H3,(H,17,18). The smallest absolute Gasteiger partial charge is 0.251 e. The third kappa shape index (κ3) is 4.35. The first-order valence-corrected chi connectivity index (χ1v) is 7.66. The van der Waals surface area contributed by atoms with Crippen LogP contribution in [0.3, 0.4) is 0 Å². The number of rotatable bonds is 5. The molecule has 0 radical (unpaired) electrons. The summed E-state index contributed by atoms with van der Waals surface area (Å²) >= 11 is 6.56. The molecule has 1 unspecified atom stereocenters. The van der Waals surface area contributed by atoms with E-state index < -0.39 is 5.82 Å². The Bertz CT molecular complexity index is 419. The minimum absolute atomic E-state index is 0.250. The molecule has 0 saturated carbocycles. The van der Waals surface area contributed by atoms with E-state index in [1.807, 2.05) is 13.8 Å². The lowest BCUT2D eigenvalue weighted by Crippen LogP contribution is -2.45. The van der Waals surface area contributed by atoms with Crippen LogP contribution in [0.4, 0.5) is 4.39 Å². The molecular formula is C13H16Br2FNO. The molecule has 2 nitrogen and oxygen atoms in total. The monoisotopic (exact) mass is 379 g/mol. The molecule has 5 heteroatoms. The number of hydrogen-bond donors (Lipinski definition) is 1. The van der Waals surface area contributed by atoms with Gasteiger partial charge in [-0.3, -0.25) is 4.79 Å². The van der Waals surface area contributed by atoms with Crippen LogP contribution in [-0.2, 0) is 0 Å². The maximum atomic E-state index is 13.2. The van der Waals surface area contributed by atoms with Gasteiger partial charge in [-0.1, -0.05) is 38.8 Å². The molecule has 0 heterocycles. The maximum absolute atomic E-state index is 13.2. The summed E-state index contributed by atoms with van der Waals surface area (Å²) in [5.41, 5.74) is 0.0513. The molecule has 1 N–H and O–H groups in total. The Labute approximate surface area is 124 Å². The highest BCUT2D eigenvalue weighted by Crippen LogP contribution is 2.19. The molecule has 0 bridgehead atoms. The highest BCUT2D eigenvalue weighted by molar-refractivity contribution is 9.10. The zero-order chi connectivity index (χ0) is 13.8. The molecule has 1 aromatic rings. The van der Waals surface area contributed by atoms with Gasteiger partial charge in [-0.05, 0) is 38.0 Å². The van der Waals surface area contributed by atoms with E-state index in [2.05, 4.69) is 37.2 Å². The minimum Gasteiger partial charge on any atom is -0.347 e. The predicted octanol–water partition coefficient (Wildman–Crippen LogP) is 4.27. The molecule has 0 aliphatic carbocycles. The molecule has 100 valence electrons. The van der Waals surface area contributed by atoms with Crippen molar-refractivity contribution in [2.75, 3.05) is 5.33 Å². The fourth-order valence-corrected chi connectivity index (χ4v) is 2.91. The second-order valence-electron chi connectivity index (χ2n) is 4.47. The molecule has 1 atom stereocenters. The van der Waals surface area contributed by atoms with Gasteiger partial charge >= 0.3 is 0 Å². The van der Waals surface area contributed by atoms with Crippen molar-refractivity contribution in [1.82, 2.24) is 5.32 Å². The molecule has 0 aliphatic heterocycles. The Hall–Kier alpha value is -0.420. The molecule has 0 saturated heterocycles. The average Bonchev–Trinajstić information content (AvgIpc) is 2.28. The molecule has 1 rings (SSSR count). The van der Waals surface area contributed by atoms with Gasteiger partial charge in [-0.15, -0.1) is 0 Å². The van der Waals surface area contributed by atoms with Gasteiger partial charge in [-0.2, -0.15) is 0 Å². The third-order valence-corrected chi connectivity index (χ3v) is 3.82. The number of carbonyl (C=O) groups excluding carboxylic acids is 1. The second kappa shape index (κ2) is 6.66. The van der Waals surface area contributed by atoms with Gasteiger partial charge in [0.1, 0.15) is 5.82 Å². The van der Waals surface area contributed by atoms with Gasteiger partial charge in [0.15, 0.2) is 0 Å². The summed E-state index contributed by atoms with van der Waals surface area (Å²) in [6, 6.07) is 4.18. The van der Waals surface area contributed by atoms with Crippen LogP contribution >= 0.6 is 31.9 Å². The first-order chi connectivity index (χ1) is 8.40. The summed E-state index contributed by atoms with van der Waals surface area (Å²) in [6.45, 7) is 4.00. The van der Waals surface area contributed by atoms with Crippen LogP contribution in [0.2, 0.25) is 0 Å². The van der Waals surface area contributed by atoms with E-state index in [1.54, 1.807) is 6.07 Å². The van der Waals surface area contributed by atoms with E-state index in [0.717, 1.165) is 18.2 Å². The van der Waals surface area contributed by atoms with E-state index in [4.69, 9.17) is 0 Å². The van der Waals surface area contributed by atoms with E-state index in [0.29, 0.717) is 10.0 Å². The van der Waals surface area contributed by atoms with Crippen LogP contribution in [0.25, 0.3) is 0 Å². The molecule has 18 heavy (non-hydrogen) atoms. The fourth-order valence-electron chi connectivity index (χ4n) is 1.57. The quantitative estimate of drug-likeness (QED) is 0.759. The Morgan fingerprint density at radius 3 is 2.61 bits per heavy atom. The summed E-state index contributed by atoms with van der Waals surface area (Å²) in [5, 5.41) is 3.77. The third-order valence-electron chi connectivity index (χ3n) is 2.97. The van der Waals surface area contributed by atoms with Crippen molar-refractivity contribution in [2.24, 2.45) is 0 Å². The van der Waals surface area contributed by atoms with Crippen LogP contribution in [0.5, 0.6) is 0 Å². The largest absolute Gasteiger partial charge is 0.347 e. The van der Waals surface area contributed by atoms with Crippen LogP contribution in [0.15, 0.2) is 22.7 Å². The number of benzene rings is 1. The van der Waals surface area contributed by atoms with E-state index in [9.17, 15) is 9.18 Å². The number of alkyl halides is 1. The Morgan fingerprint density at radius 2 is 2.11 bits per heavy atom. The fraction of sp³-hybridized carbons (Fsp3) is 0.462. The zero-order valence-electron chi connectivity index (χ0n) is 10.4. The highest BCUT2D eigenvalue weighted by atomic mass is 79.9. The lowest BCUT2D eigenvalue weighted by molar-refractivity contribution is 0.0901. The Kier molecular flexibility index (Phi) is 5.79. The summed E-state index contributed by atoms with van der Waals surface area (Å²) in [7, 11) is 0. The van der Waals surface area contributed by atoms with Crippen LogP contribution in [0, 0.1) is 5.82 Å². The summed E-state index contributed by atoms with van der Waals surface area (Å²) < 4.78 is 13.8. The lowest BCUT2D eigenvalue weighted by Gasteiger charge is -2.29. The maximum Gasteiger partial charge on any atom is 0.251 e. The molecule has 0 fully saturated rings. The van der Waals surface area contributed by atoms with Gasteiger partial charge < -0.3 is 5.32 Å². The van der Waals surface area contributed by atoms with Crippen LogP contribution in [0.1, 0.15) is 37.0 Å². The van der Waals surface area contributed by atoms with Crippen LogP contribution < -0.4 is 5.32 Å². The van der Waals surface area contributed by atoms with Crippen molar-refractivity contribution in [3.05, 3.63) is 34.1 Å². The van der Waals surface area contributed by atoms with Gasteiger partial charge in [0, 0.05) is 20.9 Å². The number of halogens is 3. The Balaban J connectivity index is 2.87. The zero-order valence-corrected chi connectivity index (χ0v) is 13.6. The van der Waals surface area contributed by atoms with Gasteiger partial charge in [0.2, 0.25) is 0 Å². The summed E-state index contributed by atoms with van der Waals surface area (Å²) in [6.07, 6.45) is 1.65. The summed E-state index contributed by atoms with van der Waals surface area (Å²) in [4.78, 5) is 12.1. The number of nitrogens with one attached hydrogen (secondary N) is 1. The normalized spacial score (nSPS) is 14.1. The molecule has 0 spiro atoms. The molecule has 1 amide bonds. The number of amides is 1. The van der Waals surface area contributed by atoms with Gasteiger partial charge in [0.05, 0.1) is 0 Å². The van der Waals surface area contributed by atoms with E-state index >= 15 is 0 Å². The first kappa shape index (κ1) is 15.6. The molecule has 1 aromatic carbocycles. The topological polar surface area (TPSA) is 29.1 Å². The number of hydrogen-bond acceptors (Lipinski definition) is 1. The SMILES string of the molecule is CCC(C)(CCBr)NC(=O)c1cc(F)cc(Br)c1. The molecule has 0 aromatic heterocycles. The van der Waals surface area contributed by atoms with Gasteiger partial charge in [-0.25, -0.2) is 4.39 Å². The highest BCUT2D eigenvalue weighted by Gasteiger charge is 2.24. The van der Waals surface area contributed by atoms with Gasteiger partial charge in [0.25, 0.3) is 5.91 Å². The van der Waals surface area contributed by atoms with Crippen molar-refractivity contribution in [3.63, 3.8) is 0 Å². The predicted molar refractivity (Wildman–Crippen MR) is 78.7 cm³/mol.